The van der Waals surface area contributed by atoms with Crippen LogP contribution in [0.25, 0.3) is 11.3 Å². The van der Waals surface area contributed by atoms with Crippen molar-refractivity contribution in [2.24, 2.45) is 0 Å². The Kier molecular flexibility index (Phi) is 3.50. The number of aromatic nitrogens is 2. The molecule has 5 heteroatoms. The molecule has 4 nitrogen and oxygen atoms in total. The number of carbonyl (C=O) groups excluding carboxylic acids is 1. The van der Waals surface area contributed by atoms with Crippen LogP contribution in [0.4, 0.5) is 5.69 Å². The van der Waals surface area contributed by atoms with Crippen LogP contribution < -0.4 is 5.32 Å². The van der Waals surface area contributed by atoms with Crippen LogP contribution in [0.1, 0.15) is 32.4 Å². The molecular formula is C18H17N3OS. The van der Waals surface area contributed by atoms with Crippen LogP contribution in [0.3, 0.4) is 0 Å². The first-order valence-corrected chi connectivity index (χ1v) is 8.57. The van der Waals surface area contributed by atoms with Gasteiger partial charge >= 0.3 is 0 Å². The number of carbonyl (C=O) groups is 1. The fourth-order valence-electron chi connectivity index (χ4n) is 3.09. The Balaban J connectivity index is 1.75. The van der Waals surface area contributed by atoms with Crippen LogP contribution in [-0.4, -0.2) is 15.9 Å². The molecule has 0 unspecified atom stereocenters. The molecule has 0 aliphatic heterocycles. The lowest BCUT2D eigenvalue weighted by atomic mass is 10.1. The number of aromatic amines is 1. The molecule has 2 heterocycles. The maximum atomic E-state index is 12.7. The normalized spacial score (nSPS) is 13.1. The first kappa shape index (κ1) is 14.2. The summed E-state index contributed by atoms with van der Waals surface area (Å²) in [5.74, 6) is -0.0906. The van der Waals surface area contributed by atoms with Gasteiger partial charge in [0.1, 0.15) is 0 Å². The third kappa shape index (κ3) is 2.57. The third-order valence-corrected chi connectivity index (χ3v) is 5.14. The molecule has 1 aliphatic rings. The number of amides is 1. The van der Waals surface area contributed by atoms with Crippen molar-refractivity contribution in [1.29, 1.82) is 0 Å². The highest BCUT2D eigenvalue weighted by atomic mass is 32.1. The molecule has 0 radical (unpaired) electrons. The highest BCUT2D eigenvalue weighted by molar-refractivity contribution is 7.12. The number of anilines is 1. The minimum absolute atomic E-state index is 0.0906. The standard InChI is InChI=1S/C18H17N3OS/c1-11-20-17-15(23-11)9-5-8-14-16(17)13(10-19-14)18(22)21-12-6-3-2-4-7-12/h2-4,6-7,10,19H,5,8-9H2,1H3,(H,21,22). The molecule has 0 fully saturated rings. The zero-order valence-electron chi connectivity index (χ0n) is 12.8. The van der Waals surface area contributed by atoms with Gasteiger partial charge in [-0.1, -0.05) is 18.2 Å². The van der Waals surface area contributed by atoms with Crippen molar-refractivity contribution >= 4 is 22.9 Å². The molecule has 0 spiro atoms. The smallest absolute Gasteiger partial charge is 0.257 e. The van der Waals surface area contributed by atoms with Gasteiger partial charge in [0.15, 0.2) is 0 Å². The van der Waals surface area contributed by atoms with Crippen LogP contribution in [0, 0.1) is 6.92 Å². The first-order chi connectivity index (χ1) is 11.2. The first-order valence-electron chi connectivity index (χ1n) is 7.75. The van der Waals surface area contributed by atoms with Crippen LogP contribution in [0.5, 0.6) is 0 Å². The molecule has 1 amide bonds. The predicted molar refractivity (Wildman–Crippen MR) is 93.1 cm³/mol. The zero-order chi connectivity index (χ0) is 15.8. The third-order valence-electron chi connectivity index (χ3n) is 4.11. The maximum Gasteiger partial charge on any atom is 0.257 e. The average molecular weight is 323 g/mol. The molecule has 2 aromatic heterocycles. The van der Waals surface area contributed by atoms with Gasteiger partial charge in [0, 0.05) is 28.0 Å². The topological polar surface area (TPSA) is 57.8 Å². The molecule has 0 bridgehead atoms. The lowest BCUT2D eigenvalue weighted by Crippen LogP contribution is -2.12. The molecule has 23 heavy (non-hydrogen) atoms. The summed E-state index contributed by atoms with van der Waals surface area (Å²) in [6, 6.07) is 9.54. The zero-order valence-corrected chi connectivity index (χ0v) is 13.7. The van der Waals surface area contributed by atoms with Gasteiger partial charge in [0.05, 0.1) is 16.3 Å². The second-order valence-corrected chi connectivity index (χ2v) is 7.02. The fraction of sp³-hybridized carbons (Fsp3) is 0.222. The summed E-state index contributed by atoms with van der Waals surface area (Å²) in [6.45, 7) is 2.02. The summed E-state index contributed by atoms with van der Waals surface area (Å²) in [5.41, 5.74) is 4.56. The summed E-state index contributed by atoms with van der Waals surface area (Å²) >= 11 is 1.74. The van der Waals surface area contributed by atoms with E-state index in [1.54, 1.807) is 11.3 Å². The van der Waals surface area contributed by atoms with Crippen LogP contribution in [0.2, 0.25) is 0 Å². The van der Waals surface area contributed by atoms with Crippen molar-refractivity contribution in [1.82, 2.24) is 9.97 Å². The Morgan fingerprint density at radius 2 is 2.09 bits per heavy atom. The van der Waals surface area contributed by atoms with Gasteiger partial charge < -0.3 is 10.3 Å². The summed E-state index contributed by atoms with van der Waals surface area (Å²) in [7, 11) is 0. The number of aryl methyl sites for hydroxylation is 3. The van der Waals surface area contributed by atoms with E-state index in [2.05, 4.69) is 10.3 Å². The molecule has 0 saturated heterocycles. The predicted octanol–water partition coefficient (Wildman–Crippen LogP) is 4.19. The lowest BCUT2D eigenvalue weighted by Gasteiger charge is -2.06. The summed E-state index contributed by atoms with van der Waals surface area (Å²) in [4.78, 5) is 22.0. The highest BCUT2D eigenvalue weighted by Gasteiger charge is 2.25. The average Bonchev–Trinajstić information content (AvgIpc) is 3.08. The Morgan fingerprint density at radius 3 is 2.91 bits per heavy atom. The lowest BCUT2D eigenvalue weighted by molar-refractivity contribution is 0.102. The van der Waals surface area contributed by atoms with Gasteiger partial charge in [-0.2, -0.15) is 0 Å². The van der Waals surface area contributed by atoms with E-state index >= 15 is 0 Å². The Bertz CT molecular complexity index is 864. The number of fused-ring (bicyclic) bond motifs is 3. The summed E-state index contributed by atoms with van der Waals surface area (Å²) in [5, 5.41) is 4.02. The van der Waals surface area contributed by atoms with Gasteiger partial charge in [-0.05, 0) is 38.3 Å². The number of H-pyrrole nitrogens is 1. The van der Waals surface area contributed by atoms with E-state index in [0.29, 0.717) is 5.56 Å². The number of thiazole rings is 1. The highest BCUT2D eigenvalue weighted by Crippen LogP contribution is 2.37. The van der Waals surface area contributed by atoms with E-state index in [9.17, 15) is 4.79 Å². The van der Waals surface area contributed by atoms with Crippen molar-refractivity contribution in [3.63, 3.8) is 0 Å². The van der Waals surface area contributed by atoms with Gasteiger partial charge in [-0.25, -0.2) is 4.98 Å². The quantitative estimate of drug-likeness (QED) is 0.743. The molecule has 4 rings (SSSR count). The van der Waals surface area contributed by atoms with Gasteiger partial charge in [-0.15, -0.1) is 11.3 Å². The molecule has 2 N–H and O–H groups in total. The van der Waals surface area contributed by atoms with Crippen molar-refractivity contribution in [3.05, 3.63) is 57.7 Å². The molecular weight excluding hydrogens is 306 g/mol. The molecule has 1 aromatic carbocycles. The molecule has 0 atom stereocenters. The molecule has 116 valence electrons. The number of nitrogens with zero attached hydrogens (tertiary/aromatic N) is 1. The van der Waals surface area contributed by atoms with Crippen molar-refractivity contribution in [3.8, 4) is 11.3 Å². The monoisotopic (exact) mass is 323 g/mol. The Labute approximate surface area is 138 Å². The second-order valence-electron chi connectivity index (χ2n) is 5.73. The van der Waals surface area contributed by atoms with Crippen LogP contribution in [0.15, 0.2) is 36.5 Å². The number of benzene rings is 1. The van der Waals surface area contributed by atoms with Crippen molar-refractivity contribution in [2.45, 2.75) is 26.2 Å². The molecule has 3 aromatic rings. The maximum absolute atomic E-state index is 12.7. The van der Waals surface area contributed by atoms with Gasteiger partial charge in [0.25, 0.3) is 5.91 Å². The van der Waals surface area contributed by atoms with Crippen LogP contribution in [-0.2, 0) is 12.8 Å². The van der Waals surface area contributed by atoms with E-state index in [4.69, 9.17) is 4.98 Å². The van der Waals surface area contributed by atoms with E-state index < -0.39 is 0 Å². The van der Waals surface area contributed by atoms with Crippen LogP contribution >= 0.6 is 11.3 Å². The largest absolute Gasteiger partial charge is 0.364 e. The van der Waals surface area contributed by atoms with Crippen molar-refractivity contribution in [2.75, 3.05) is 5.32 Å². The fourth-order valence-corrected chi connectivity index (χ4v) is 4.08. The number of hydrogen-bond acceptors (Lipinski definition) is 3. The van der Waals surface area contributed by atoms with E-state index in [-0.39, 0.29) is 5.91 Å². The molecule has 0 saturated carbocycles. The SMILES string of the molecule is Cc1nc2c(s1)CCCc1[nH]cc(C(=O)Nc3ccccc3)c1-2. The van der Waals surface area contributed by atoms with Gasteiger partial charge in [-0.3, -0.25) is 4.79 Å². The number of para-hydroxylation sites is 1. The van der Waals surface area contributed by atoms with E-state index in [1.807, 2.05) is 43.5 Å². The van der Waals surface area contributed by atoms with Gasteiger partial charge in [0.2, 0.25) is 0 Å². The summed E-state index contributed by atoms with van der Waals surface area (Å²) in [6.07, 6.45) is 4.88. The second kappa shape index (κ2) is 5.66. The Morgan fingerprint density at radius 1 is 1.26 bits per heavy atom. The number of hydrogen-bond donors (Lipinski definition) is 2. The number of rotatable bonds is 2. The van der Waals surface area contributed by atoms with E-state index in [1.165, 1.54) is 4.88 Å². The van der Waals surface area contributed by atoms with Crippen molar-refractivity contribution < 1.29 is 4.79 Å². The minimum Gasteiger partial charge on any atom is -0.364 e. The Hall–Kier alpha value is -2.40. The molecule has 1 aliphatic carbocycles. The minimum atomic E-state index is -0.0906. The number of nitrogens with one attached hydrogen (secondary N) is 2. The van der Waals surface area contributed by atoms with E-state index in [0.717, 1.165) is 46.9 Å². The summed E-state index contributed by atoms with van der Waals surface area (Å²) < 4.78 is 0.